The van der Waals surface area contributed by atoms with Crippen molar-refractivity contribution in [1.82, 2.24) is 0 Å². The zero-order chi connectivity index (χ0) is 28.6. The third-order valence-corrected chi connectivity index (χ3v) is 6.60. The summed E-state index contributed by atoms with van der Waals surface area (Å²) in [7, 11) is 3.05. The minimum atomic E-state index is -1.13. The Balaban J connectivity index is 1.56. The first kappa shape index (κ1) is 28.9. The van der Waals surface area contributed by atoms with Crippen LogP contribution >= 0.6 is 11.6 Å². The van der Waals surface area contributed by atoms with Crippen LogP contribution in [0.25, 0.3) is 0 Å². The molecule has 2 atom stereocenters. The van der Waals surface area contributed by atoms with Crippen LogP contribution in [0.5, 0.6) is 11.5 Å². The van der Waals surface area contributed by atoms with Crippen molar-refractivity contribution in [1.29, 1.82) is 0 Å². The van der Waals surface area contributed by atoms with Crippen LogP contribution in [0.15, 0.2) is 60.7 Å². The van der Waals surface area contributed by atoms with E-state index in [4.69, 9.17) is 30.5 Å². The van der Waals surface area contributed by atoms with Gasteiger partial charge in [0.15, 0.2) is 11.5 Å². The fraction of sp³-hybridized carbons (Fsp3) is 0.300. The van der Waals surface area contributed by atoms with E-state index in [2.05, 4.69) is 10.6 Å². The molecule has 2 amide bonds. The Morgan fingerprint density at radius 1 is 1.02 bits per heavy atom. The summed E-state index contributed by atoms with van der Waals surface area (Å²) in [4.78, 5) is 38.0. The van der Waals surface area contributed by atoms with E-state index in [0.29, 0.717) is 52.1 Å². The SMILES string of the molecule is CCOC(=O)CCc1cccc(NC(=O)C[C@H]2O[C@H](c3cccc(OC)c3OC)c3cc(Cl)ccc3NC2=O)c1. The van der Waals surface area contributed by atoms with Crippen molar-refractivity contribution in [2.24, 2.45) is 0 Å². The van der Waals surface area contributed by atoms with E-state index < -0.39 is 24.0 Å². The molecule has 0 spiro atoms. The molecule has 0 saturated heterocycles. The maximum absolute atomic E-state index is 13.2. The number of aryl methyl sites for hydroxylation is 1. The van der Waals surface area contributed by atoms with E-state index in [1.165, 1.54) is 14.2 Å². The van der Waals surface area contributed by atoms with Crippen molar-refractivity contribution >= 4 is 40.8 Å². The van der Waals surface area contributed by atoms with Gasteiger partial charge in [-0.05, 0) is 55.3 Å². The first-order chi connectivity index (χ1) is 19.3. The van der Waals surface area contributed by atoms with E-state index in [1.807, 2.05) is 12.1 Å². The highest BCUT2D eigenvalue weighted by molar-refractivity contribution is 6.30. The summed E-state index contributed by atoms with van der Waals surface area (Å²) in [5.41, 5.74) is 3.15. The Kier molecular flexibility index (Phi) is 9.63. The number of ether oxygens (including phenoxy) is 4. The van der Waals surface area contributed by atoms with Crippen molar-refractivity contribution < 1.29 is 33.3 Å². The normalized spacial score (nSPS) is 16.2. The van der Waals surface area contributed by atoms with Crippen molar-refractivity contribution in [3.63, 3.8) is 0 Å². The van der Waals surface area contributed by atoms with E-state index in [9.17, 15) is 14.4 Å². The fourth-order valence-electron chi connectivity index (χ4n) is 4.54. The lowest BCUT2D eigenvalue weighted by Gasteiger charge is -2.24. The van der Waals surface area contributed by atoms with Gasteiger partial charge in [0.25, 0.3) is 5.91 Å². The van der Waals surface area contributed by atoms with Gasteiger partial charge in [-0.3, -0.25) is 14.4 Å². The predicted octanol–water partition coefficient (Wildman–Crippen LogP) is 5.31. The van der Waals surface area contributed by atoms with Crippen LogP contribution in [0.4, 0.5) is 11.4 Å². The van der Waals surface area contributed by atoms with Crippen LogP contribution in [0.3, 0.4) is 0 Å². The number of para-hydroxylation sites is 1. The lowest BCUT2D eigenvalue weighted by atomic mass is 9.98. The Hall–Kier alpha value is -4.08. The number of rotatable bonds is 10. The maximum atomic E-state index is 13.2. The molecule has 0 aromatic heterocycles. The first-order valence-electron chi connectivity index (χ1n) is 12.8. The second-order valence-electron chi connectivity index (χ2n) is 9.07. The largest absolute Gasteiger partial charge is 0.493 e. The van der Waals surface area contributed by atoms with Crippen LogP contribution in [0, 0.1) is 0 Å². The summed E-state index contributed by atoms with van der Waals surface area (Å²) in [6.45, 7) is 2.09. The van der Waals surface area contributed by atoms with Gasteiger partial charge in [0.05, 0.1) is 27.2 Å². The number of anilines is 2. The second-order valence-corrected chi connectivity index (χ2v) is 9.50. The molecule has 0 saturated carbocycles. The van der Waals surface area contributed by atoms with Gasteiger partial charge in [-0.15, -0.1) is 0 Å². The molecule has 1 heterocycles. The number of carbonyl (C=O) groups is 3. The van der Waals surface area contributed by atoms with Gasteiger partial charge in [0.2, 0.25) is 5.91 Å². The molecule has 0 unspecified atom stereocenters. The van der Waals surface area contributed by atoms with Crippen LogP contribution in [0.1, 0.15) is 42.6 Å². The second kappa shape index (κ2) is 13.3. The number of esters is 1. The Bertz CT molecular complexity index is 1390. The molecule has 1 aliphatic rings. The van der Waals surface area contributed by atoms with Crippen LogP contribution < -0.4 is 20.1 Å². The number of hydrogen-bond donors (Lipinski definition) is 2. The van der Waals surface area contributed by atoms with Crippen LogP contribution in [0.2, 0.25) is 5.02 Å². The molecule has 0 fully saturated rings. The summed E-state index contributed by atoms with van der Waals surface area (Å²) >= 11 is 6.32. The number of methoxy groups -OCH3 is 2. The van der Waals surface area contributed by atoms with Crippen molar-refractivity contribution in [3.8, 4) is 11.5 Å². The van der Waals surface area contributed by atoms with Crippen molar-refractivity contribution in [3.05, 3.63) is 82.4 Å². The third kappa shape index (κ3) is 6.91. The zero-order valence-electron chi connectivity index (χ0n) is 22.5. The summed E-state index contributed by atoms with van der Waals surface area (Å²) in [6, 6.07) is 17.6. The van der Waals surface area contributed by atoms with E-state index >= 15 is 0 Å². The highest BCUT2D eigenvalue weighted by Gasteiger charge is 2.35. The van der Waals surface area contributed by atoms with E-state index in [0.717, 1.165) is 5.56 Å². The van der Waals surface area contributed by atoms with Crippen molar-refractivity contribution in [2.75, 3.05) is 31.5 Å². The number of nitrogens with one attached hydrogen (secondary N) is 2. The summed E-state index contributed by atoms with van der Waals surface area (Å²) in [5, 5.41) is 6.15. The van der Waals surface area contributed by atoms with Gasteiger partial charge in [0, 0.05) is 33.9 Å². The quantitative estimate of drug-likeness (QED) is 0.320. The average Bonchev–Trinajstić information content (AvgIpc) is 3.07. The molecule has 1 aliphatic heterocycles. The summed E-state index contributed by atoms with van der Waals surface area (Å²) in [5.74, 6) is -0.224. The average molecular weight is 567 g/mol. The molecule has 0 bridgehead atoms. The molecular weight excluding hydrogens is 536 g/mol. The molecule has 3 aromatic carbocycles. The van der Waals surface area contributed by atoms with Crippen LogP contribution in [-0.2, 0) is 30.3 Å². The molecule has 210 valence electrons. The lowest BCUT2D eigenvalue weighted by Crippen LogP contribution is -2.33. The van der Waals surface area contributed by atoms with Crippen LogP contribution in [-0.4, -0.2) is 44.7 Å². The molecule has 0 radical (unpaired) electrons. The topological polar surface area (TPSA) is 112 Å². The molecule has 2 N–H and O–H groups in total. The Morgan fingerprint density at radius 2 is 1.82 bits per heavy atom. The number of carbonyl (C=O) groups excluding carboxylic acids is 3. The van der Waals surface area contributed by atoms with Gasteiger partial charge < -0.3 is 29.6 Å². The number of amides is 2. The monoisotopic (exact) mass is 566 g/mol. The third-order valence-electron chi connectivity index (χ3n) is 6.37. The van der Waals surface area contributed by atoms with Gasteiger partial charge >= 0.3 is 5.97 Å². The maximum Gasteiger partial charge on any atom is 0.306 e. The Morgan fingerprint density at radius 3 is 2.58 bits per heavy atom. The number of halogens is 1. The molecule has 4 rings (SSSR count). The van der Waals surface area contributed by atoms with Gasteiger partial charge in [-0.2, -0.15) is 0 Å². The number of benzene rings is 3. The fourth-order valence-corrected chi connectivity index (χ4v) is 4.72. The molecule has 10 heteroatoms. The minimum absolute atomic E-state index is 0.237. The van der Waals surface area contributed by atoms with Gasteiger partial charge in [0.1, 0.15) is 12.2 Å². The Labute approximate surface area is 237 Å². The van der Waals surface area contributed by atoms with Crippen molar-refractivity contribution in [2.45, 2.75) is 38.4 Å². The number of fused-ring (bicyclic) bond motifs is 1. The standard InChI is InChI=1S/C30H31ClN2O7/c1-4-39-27(35)14-11-18-7-5-8-20(15-18)32-26(34)17-25-30(36)33-23-13-12-19(31)16-22(23)28(40-25)21-9-6-10-24(37-2)29(21)38-3/h5-10,12-13,15-16,25,28H,4,11,14,17H2,1-3H3,(H,32,34)(H,33,36)/t25-,28-/m1/s1. The van der Waals surface area contributed by atoms with E-state index in [1.54, 1.807) is 55.5 Å². The molecule has 40 heavy (non-hydrogen) atoms. The highest BCUT2D eigenvalue weighted by Crippen LogP contribution is 2.43. The lowest BCUT2D eigenvalue weighted by molar-refractivity contribution is -0.143. The molecule has 3 aromatic rings. The summed E-state index contributed by atoms with van der Waals surface area (Å²) in [6.07, 6.45) is -1.45. The summed E-state index contributed by atoms with van der Waals surface area (Å²) < 4.78 is 22.4. The predicted molar refractivity (Wildman–Crippen MR) is 151 cm³/mol. The minimum Gasteiger partial charge on any atom is -0.493 e. The van der Waals surface area contributed by atoms with Gasteiger partial charge in [-0.1, -0.05) is 35.9 Å². The highest BCUT2D eigenvalue weighted by atomic mass is 35.5. The zero-order valence-corrected chi connectivity index (χ0v) is 23.2. The van der Waals surface area contributed by atoms with E-state index in [-0.39, 0.29) is 18.8 Å². The van der Waals surface area contributed by atoms with Gasteiger partial charge in [-0.25, -0.2) is 0 Å². The molecule has 0 aliphatic carbocycles. The smallest absolute Gasteiger partial charge is 0.306 e. The molecular formula is C30H31ClN2O7. The number of hydrogen-bond acceptors (Lipinski definition) is 7. The first-order valence-corrected chi connectivity index (χ1v) is 13.2. The molecule has 9 nitrogen and oxygen atoms in total.